The van der Waals surface area contributed by atoms with Crippen molar-refractivity contribution < 1.29 is 9.53 Å². The van der Waals surface area contributed by atoms with Crippen molar-refractivity contribution in [2.24, 2.45) is 0 Å². The molecule has 0 atom stereocenters. The molecule has 3 N–H and O–H groups in total. The topological polar surface area (TPSA) is 88.2 Å². The van der Waals surface area contributed by atoms with Gasteiger partial charge in [0.1, 0.15) is 5.69 Å². The molecule has 3 heterocycles. The lowest BCUT2D eigenvalue weighted by atomic mass is 10.1. The molecule has 23 heavy (non-hydrogen) atoms. The smallest absolute Gasteiger partial charge is 0.270 e. The molecular formula is C16H19N5O2. The van der Waals surface area contributed by atoms with Crippen LogP contribution in [0.25, 0.3) is 0 Å². The number of ether oxygens (including phenoxy) is 1. The van der Waals surface area contributed by atoms with Crippen molar-refractivity contribution in [1.29, 1.82) is 0 Å². The Hall–Kier alpha value is -2.67. The number of hydrogen-bond donors (Lipinski definition) is 3. The lowest BCUT2D eigenvalue weighted by Crippen LogP contribution is -2.29. The zero-order chi connectivity index (χ0) is 16.1. The van der Waals surface area contributed by atoms with E-state index in [0.717, 1.165) is 23.4 Å². The fourth-order valence-corrected chi connectivity index (χ4v) is 2.30. The second-order valence-electron chi connectivity index (χ2n) is 5.13. The Balaban J connectivity index is 1.60. The van der Waals surface area contributed by atoms with Gasteiger partial charge in [-0.15, -0.1) is 0 Å². The predicted octanol–water partition coefficient (Wildman–Crippen LogP) is 1.28. The molecule has 1 aliphatic rings. The molecule has 0 spiro atoms. The van der Waals surface area contributed by atoms with Crippen molar-refractivity contribution in [2.75, 3.05) is 18.6 Å². The standard InChI is InChI=1S/C16H19N5O2/c1-2-23-15-4-3-11(6-19-15)7-20-16(22)13-5-12-8-17-10-21-14(12)9-18-13/h3-6,9,17,21H,2,7-8,10H2,1H3,(H,20,22). The highest BCUT2D eigenvalue weighted by molar-refractivity contribution is 5.92. The largest absolute Gasteiger partial charge is 0.478 e. The van der Waals surface area contributed by atoms with E-state index < -0.39 is 0 Å². The van der Waals surface area contributed by atoms with Gasteiger partial charge in [-0.05, 0) is 24.1 Å². The molecular weight excluding hydrogens is 294 g/mol. The number of carbonyl (C=O) groups is 1. The molecule has 0 saturated heterocycles. The summed E-state index contributed by atoms with van der Waals surface area (Å²) in [6.07, 6.45) is 3.39. The maximum absolute atomic E-state index is 12.2. The molecule has 2 aromatic rings. The number of amides is 1. The summed E-state index contributed by atoms with van der Waals surface area (Å²) in [5, 5.41) is 9.22. The van der Waals surface area contributed by atoms with E-state index in [-0.39, 0.29) is 5.91 Å². The molecule has 2 aromatic heterocycles. The van der Waals surface area contributed by atoms with Gasteiger partial charge in [-0.25, -0.2) is 9.97 Å². The highest BCUT2D eigenvalue weighted by Crippen LogP contribution is 2.17. The average molecular weight is 313 g/mol. The van der Waals surface area contributed by atoms with E-state index in [2.05, 4.69) is 25.9 Å². The van der Waals surface area contributed by atoms with Gasteiger partial charge in [-0.3, -0.25) is 10.1 Å². The van der Waals surface area contributed by atoms with Crippen molar-refractivity contribution in [3.63, 3.8) is 0 Å². The summed E-state index contributed by atoms with van der Waals surface area (Å²) in [5.41, 5.74) is 3.33. The van der Waals surface area contributed by atoms with E-state index in [1.807, 2.05) is 13.0 Å². The fourth-order valence-electron chi connectivity index (χ4n) is 2.30. The minimum atomic E-state index is -0.202. The van der Waals surface area contributed by atoms with Crippen LogP contribution in [0.4, 0.5) is 5.69 Å². The van der Waals surface area contributed by atoms with Crippen LogP contribution in [0.3, 0.4) is 0 Å². The summed E-state index contributed by atoms with van der Waals surface area (Å²) in [6, 6.07) is 5.48. The third-order valence-electron chi connectivity index (χ3n) is 3.48. The lowest BCUT2D eigenvalue weighted by Gasteiger charge is -2.19. The SMILES string of the molecule is CCOc1ccc(CNC(=O)c2cc3c(cn2)NCNC3)cn1. The van der Waals surface area contributed by atoms with Gasteiger partial charge in [-0.1, -0.05) is 6.07 Å². The molecule has 7 heteroatoms. The number of rotatable bonds is 5. The van der Waals surface area contributed by atoms with E-state index in [9.17, 15) is 4.79 Å². The molecule has 1 aliphatic heterocycles. The van der Waals surface area contributed by atoms with Gasteiger partial charge in [0.25, 0.3) is 5.91 Å². The van der Waals surface area contributed by atoms with Crippen molar-refractivity contribution in [3.8, 4) is 5.88 Å². The number of pyridine rings is 2. The second-order valence-corrected chi connectivity index (χ2v) is 5.13. The Morgan fingerprint density at radius 1 is 1.35 bits per heavy atom. The molecule has 0 aliphatic carbocycles. The number of carbonyl (C=O) groups excluding carboxylic acids is 1. The molecule has 0 bridgehead atoms. The van der Waals surface area contributed by atoms with Crippen LogP contribution < -0.4 is 20.7 Å². The molecule has 0 aromatic carbocycles. The highest BCUT2D eigenvalue weighted by atomic mass is 16.5. The maximum Gasteiger partial charge on any atom is 0.270 e. The first-order chi connectivity index (χ1) is 11.3. The minimum Gasteiger partial charge on any atom is -0.478 e. The van der Waals surface area contributed by atoms with Crippen LogP contribution in [0.2, 0.25) is 0 Å². The van der Waals surface area contributed by atoms with E-state index in [0.29, 0.717) is 31.4 Å². The zero-order valence-electron chi connectivity index (χ0n) is 12.9. The van der Waals surface area contributed by atoms with E-state index in [1.165, 1.54) is 0 Å². The Kier molecular flexibility index (Phi) is 4.68. The monoisotopic (exact) mass is 313 g/mol. The van der Waals surface area contributed by atoms with Crippen LogP contribution in [0.5, 0.6) is 5.88 Å². The first-order valence-electron chi connectivity index (χ1n) is 7.55. The van der Waals surface area contributed by atoms with Crippen LogP contribution in [0.15, 0.2) is 30.6 Å². The Labute approximate surface area is 134 Å². The molecule has 7 nitrogen and oxygen atoms in total. The molecule has 0 saturated carbocycles. The number of fused-ring (bicyclic) bond motifs is 1. The van der Waals surface area contributed by atoms with E-state index >= 15 is 0 Å². The van der Waals surface area contributed by atoms with Crippen LogP contribution in [-0.4, -0.2) is 29.2 Å². The molecule has 0 fully saturated rings. The molecule has 120 valence electrons. The number of hydrogen-bond acceptors (Lipinski definition) is 6. The summed E-state index contributed by atoms with van der Waals surface area (Å²) in [4.78, 5) is 20.6. The van der Waals surface area contributed by atoms with Gasteiger partial charge in [0, 0.05) is 25.4 Å². The predicted molar refractivity (Wildman–Crippen MR) is 86.1 cm³/mol. The maximum atomic E-state index is 12.2. The molecule has 1 amide bonds. The summed E-state index contributed by atoms with van der Waals surface area (Å²) in [5.74, 6) is 0.381. The Bertz CT molecular complexity index is 687. The van der Waals surface area contributed by atoms with Crippen LogP contribution in [0, 0.1) is 0 Å². The molecule has 0 radical (unpaired) electrons. The zero-order valence-corrected chi connectivity index (χ0v) is 12.9. The second kappa shape index (κ2) is 7.06. The Morgan fingerprint density at radius 2 is 2.26 bits per heavy atom. The first kappa shape index (κ1) is 15.2. The van der Waals surface area contributed by atoms with Gasteiger partial charge >= 0.3 is 0 Å². The lowest BCUT2D eigenvalue weighted by molar-refractivity contribution is 0.0946. The number of nitrogens with zero attached hydrogens (tertiary/aromatic N) is 2. The third kappa shape index (κ3) is 3.75. The van der Waals surface area contributed by atoms with Gasteiger partial charge < -0.3 is 15.4 Å². The van der Waals surface area contributed by atoms with Gasteiger partial charge in [0.2, 0.25) is 5.88 Å². The van der Waals surface area contributed by atoms with Gasteiger partial charge in [-0.2, -0.15) is 0 Å². The number of nitrogens with one attached hydrogen (secondary N) is 3. The Morgan fingerprint density at radius 3 is 3.04 bits per heavy atom. The van der Waals surface area contributed by atoms with Crippen molar-refractivity contribution in [2.45, 2.75) is 20.0 Å². The fraction of sp³-hybridized carbons (Fsp3) is 0.312. The van der Waals surface area contributed by atoms with E-state index in [1.54, 1.807) is 24.5 Å². The van der Waals surface area contributed by atoms with E-state index in [4.69, 9.17) is 4.74 Å². The van der Waals surface area contributed by atoms with Crippen LogP contribution >= 0.6 is 0 Å². The normalized spacial score (nSPS) is 12.9. The van der Waals surface area contributed by atoms with Crippen molar-refractivity contribution in [3.05, 3.63) is 47.4 Å². The highest BCUT2D eigenvalue weighted by Gasteiger charge is 2.13. The quantitative estimate of drug-likeness (QED) is 0.770. The third-order valence-corrected chi connectivity index (χ3v) is 3.48. The van der Waals surface area contributed by atoms with Gasteiger partial charge in [0.15, 0.2) is 0 Å². The summed E-state index contributed by atoms with van der Waals surface area (Å²) in [6.45, 7) is 4.33. The minimum absolute atomic E-state index is 0.202. The average Bonchev–Trinajstić information content (AvgIpc) is 2.60. The molecule has 0 unspecified atom stereocenters. The summed E-state index contributed by atoms with van der Waals surface area (Å²) >= 11 is 0. The van der Waals surface area contributed by atoms with Crippen LogP contribution in [0.1, 0.15) is 28.5 Å². The summed E-state index contributed by atoms with van der Waals surface area (Å²) in [7, 11) is 0. The summed E-state index contributed by atoms with van der Waals surface area (Å²) < 4.78 is 5.29. The molecule has 3 rings (SSSR count). The van der Waals surface area contributed by atoms with Crippen molar-refractivity contribution >= 4 is 11.6 Å². The number of aromatic nitrogens is 2. The van der Waals surface area contributed by atoms with Gasteiger partial charge in [0.05, 0.1) is 25.2 Å². The first-order valence-corrected chi connectivity index (χ1v) is 7.55. The number of anilines is 1. The van der Waals surface area contributed by atoms with Crippen molar-refractivity contribution in [1.82, 2.24) is 20.6 Å². The van der Waals surface area contributed by atoms with Crippen LogP contribution in [-0.2, 0) is 13.1 Å².